The summed E-state index contributed by atoms with van der Waals surface area (Å²) in [4.78, 5) is 72.8. The summed E-state index contributed by atoms with van der Waals surface area (Å²) >= 11 is 0. The van der Waals surface area contributed by atoms with Gasteiger partial charge in [0, 0.05) is 25.7 Å². The van der Waals surface area contributed by atoms with Gasteiger partial charge in [0.2, 0.25) is 0 Å². The van der Waals surface area contributed by atoms with Gasteiger partial charge < -0.3 is 33.8 Å². The van der Waals surface area contributed by atoms with Gasteiger partial charge in [0.1, 0.15) is 19.3 Å². The fourth-order valence-electron chi connectivity index (χ4n) is 11.8. The topological polar surface area (TPSA) is 237 Å². The van der Waals surface area contributed by atoms with Gasteiger partial charge in [-0.2, -0.15) is 0 Å². The minimum Gasteiger partial charge on any atom is -0.462 e. The molecule has 0 aromatic carbocycles. The van der Waals surface area contributed by atoms with Gasteiger partial charge in [0.25, 0.3) is 0 Å². The van der Waals surface area contributed by atoms with Crippen molar-refractivity contribution in [2.75, 3.05) is 39.6 Å². The highest BCUT2D eigenvalue weighted by Crippen LogP contribution is 2.45. The Bertz CT molecular complexity index is 1860. The number of carbonyl (C=O) groups excluding carboxylic acids is 4. The Morgan fingerprint density at radius 3 is 0.792 bits per heavy atom. The number of esters is 4. The second-order valence-electron chi connectivity index (χ2n) is 28.5. The summed E-state index contributed by atoms with van der Waals surface area (Å²) < 4.78 is 68.6. The molecule has 0 bridgehead atoms. The number of phosphoric ester groups is 2. The predicted octanol–water partition coefficient (Wildman–Crippen LogP) is 22.7. The van der Waals surface area contributed by atoms with E-state index in [4.69, 9.17) is 37.0 Å². The Morgan fingerprint density at radius 2 is 0.531 bits per heavy atom. The second-order valence-corrected chi connectivity index (χ2v) is 31.4. The van der Waals surface area contributed by atoms with Gasteiger partial charge in [-0.1, -0.05) is 350 Å². The Kier molecular flexibility index (Phi) is 67.4. The van der Waals surface area contributed by atoms with Crippen LogP contribution in [0, 0.1) is 11.8 Å². The maximum Gasteiger partial charge on any atom is 0.472 e. The van der Waals surface area contributed by atoms with Gasteiger partial charge in [-0.05, 0) is 37.5 Å². The minimum absolute atomic E-state index is 0.108. The summed E-state index contributed by atoms with van der Waals surface area (Å²) in [5.74, 6) is -0.494. The molecule has 0 heterocycles. The molecule has 19 heteroatoms. The molecule has 17 nitrogen and oxygen atoms in total. The fraction of sp³-hybridized carbons (Fsp3) is 0.948. The van der Waals surface area contributed by atoms with E-state index in [1.165, 1.54) is 218 Å². The summed E-state index contributed by atoms with van der Waals surface area (Å²) in [5, 5.41) is 10.6. The van der Waals surface area contributed by atoms with Crippen molar-refractivity contribution in [1.82, 2.24) is 0 Å². The van der Waals surface area contributed by atoms with Crippen molar-refractivity contribution in [3.8, 4) is 0 Å². The van der Waals surface area contributed by atoms with E-state index in [1.807, 2.05) is 0 Å². The maximum absolute atomic E-state index is 13.1. The Hall–Kier alpha value is -1.94. The zero-order chi connectivity index (χ0) is 70.7. The van der Waals surface area contributed by atoms with Gasteiger partial charge >= 0.3 is 39.5 Å². The Morgan fingerprint density at radius 1 is 0.302 bits per heavy atom. The van der Waals surface area contributed by atoms with Crippen molar-refractivity contribution in [2.24, 2.45) is 11.8 Å². The fourth-order valence-corrected chi connectivity index (χ4v) is 13.4. The number of hydrogen-bond acceptors (Lipinski definition) is 15. The van der Waals surface area contributed by atoms with E-state index in [-0.39, 0.29) is 25.7 Å². The predicted molar refractivity (Wildman–Crippen MR) is 391 cm³/mol. The van der Waals surface area contributed by atoms with Gasteiger partial charge in [-0.25, -0.2) is 9.13 Å². The third kappa shape index (κ3) is 69.2. The lowest BCUT2D eigenvalue weighted by Crippen LogP contribution is -2.30. The monoisotopic (exact) mass is 1410 g/mol. The lowest BCUT2D eigenvalue weighted by molar-refractivity contribution is -0.161. The van der Waals surface area contributed by atoms with Crippen LogP contribution in [0.5, 0.6) is 0 Å². The van der Waals surface area contributed by atoms with Crippen LogP contribution in [0.1, 0.15) is 401 Å². The SMILES string of the molecule is CCCCCCCCCCCCCCCC(=O)O[C@H](COC(=O)CCCCCCCCCCCC)COP(=O)(O)OC[C@H](O)COP(=O)(O)OC[C@@H](COC(=O)CCCCCCCCCCCCC(C)CC)OC(=O)CCCCCCCCCCCCCCCCCCC(C)C. The molecular formula is C77H150O17P2. The zero-order valence-electron chi connectivity index (χ0n) is 62.7. The van der Waals surface area contributed by atoms with Crippen molar-refractivity contribution >= 4 is 39.5 Å². The molecule has 0 spiro atoms. The third-order valence-corrected chi connectivity index (χ3v) is 20.2. The number of aliphatic hydroxyl groups excluding tert-OH is 1. The highest BCUT2D eigenvalue weighted by Gasteiger charge is 2.30. The molecule has 0 radical (unpaired) electrons. The van der Waals surface area contributed by atoms with Crippen LogP contribution in [-0.2, 0) is 65.4 Å². The van der Waals surface area contributed by atoms with E-state index in [1.54, 1.807) is 0 Å². The zero-order valence-corrected chi connectivity index (χ0v) is 64.5. The molecule has 0 aliphatic rings. The van der Waals surface area contributed by atoms with Crippen LogP contribution in [0.4, 0.5) is 0 Å². The van der Waals surface area contributed by atoms with E-state index in [0.29, 0.717) is 25.7 Å². The van der Waals surface area contributed by atoms with Gasteiger partial charge in [0.15, 0.2) is 12.2 Å². The quantitative estimate of drug-likeness (QED) is 0.0222. The van der Waals surface area contributed by atoms with Crippen molar-refractivity contribution in [1.29, 1.82) is 0 Å². The molecule has 0 fully saturated rings. The number of rotatable bonds is 76. The number of hydrogen-bond donors (Lipinski definition) is 3. The van der Waals surface area contributed by atoms with E-state index in [2.05, 4.69) is 41.5 Å². The first-order valence-electron chi connectivity index (χ1n) is 40.0. The molecule has 0 saturated carbocycles. The molecular weight excluding hydrogens is 1260 g/mol. The Labute approximate surface area is 588 Å². The molecule has 0 rings (SSSR count). The van der Waals surface area contributed by atoms with Crippen molar-refractivity contribution < 1.29 is 80.2 Å². The summed E-state index contributed by atoms with van der Waals surface area (Å²) in [6, 6.07) is 0. The number of carbonyl (C=O) groups is 4. The molecule has 3 N–H and O–H groups in total. The maximum atomic E-state index is 13.1. The molecule has 0 amide bonds. The molecule has 0 saturated heterocycles. The highest BCUT2D eigenvalue weighted by molar-refractivity contribution is 7.47. The van der Waals surface area contributed by atoms with E-state index >= 15 is 0 Å². The molecule has 96 heavy (non-hydrogen) atoms. The van der Waals surface area contributed by atoms with Crippen LogP contribution >= 0.6 is 15.6 Å². The molecule has 0 aliphatic heterocycles. The smallest absolute Gasteiger partial charge is 0.462 e. The normalized spacial score (nSPS) is 14.3. The van der Waals surface area contributed by atoms with Crippen LogP contribution in [0.2, 0.25) is 0 Å². The van der Waals surface area contributed by atoms with Crippen LogP contribution in [0.25, 0.3) is 0 Å². The first-order valence-corrected chi connectivity index (χ1v) is 43.0. The summed E-state index contributed by atoms with van der Waals surface area (Å²) in [5.41, 5.74) is 0. The molecule has 6 atom stereocenters. The number of aliphatic hydroxyl groups is 1. The van der Waals surface area contributed by atoms with Crippen molar-refractivity contribution in [3.63, 3.8) is 0 Å². The Balaban J connectivity index is 5.24. The highest BCUT2D eigenvalue weighted by atomic mass is 31.2. The molecule has 0 aliphatic carbocycles. The average Bonchev–Trinajstić information content (AvgIpc) is 1.25. The number of phosphoric acid groups is 2. The van der Waals surface area contributed by atoms with E-state index < -0.39 is 97.5 Å². The van der Waals surface area contributed by atoms with Crippen LogP contribution in [0.15, 0.2) is 0 Å². The van der Waals surface area contributed by atoms with Gasteiger partial charge in [0.05, 0.1) is 26.4 Å². The van der Waals surface area contributed by atoms with E-state index in [9.17, 15) is 43.2 Å². The average molecular weight is 1410 g/mol. The largest absolute Gasteiger partial charge is 0.472 e. The summed E-state index contributed by atoms with van der Waals surface area (Å²) in [7, 11) is -9.91. The van der Waals surface area contributed by atoms with Crippen molar-refractivity contribution in [3.05, 3.63) is 0 Å². The first kappa shape index (κ1) is 94.1. The van der Waals surface area contributed by atoms with Crippen molar-refractivity contribution in [2.45, 2.75) is 419 Å². The standard InChI is InChI=1S/C77H150O17P2/c1-7-10-12-14-16-18-20-25-29-37-43-49-55-61-76(81)93-72(65-87-74(79)59-53-47-41-35-19-17-15-13-11-8-2)67-91-95(83,84)89-63-71(78)64-90-96(85,86)92-68-73(66-88-75(80)60-54-48-42-36-32-31-34-40-46-52-58-70(6)9-3)94-77(82)62-56-50-44-38-30-27-24-22-21-23-26-28-33-39-45-51-57-69(4)5/h69-73,78H,7-68H2,1-6H3,(H,83,84)(H,85,86)/t70?,71-,72+,73+/m0/s1. The summed E-state index contributed by atoms with van der Waals surface area (Å²) in [6.45, 7) is 9.66. The molecule has 3 unspecified atom stereocenters. The number of unbranched alkanes of at least 4 members (excludes halogenated alkanes) is 45. The lowest BCUT2D eigenvalue weighted by Gasteiger charge is -2.21. The van der Waals surface area contributed by atoms with Gasteiger partial charge in [-0.3, -0.25) is 37.3 Å². The van der Waals surface area contributed by atoms with Crippen LogP contribution in [-0.4, -0.2) is 96.7 Å². The molecule has 0 aromatic rings. The molecule has 0 aromatic heterocycles. The van der Waals surface area contributed by atoms with Gasteiger partial charge in [-0.15, -0.1) is 0 Å². The van der Waals surface area contributed by atoms with E-state index in [0.717, 1.165) is 102 Å². The van der Waals surface area contributed by atoms with Crippen LogP contribution in [0.3, 0.4) is 0 Å². The van der Waals surface area contributed by atoms with Crippen LogP contribution < -0.4 is 0 Å². The minimum atomic E-state index is -4.96. The number of ether oxygens (including phenoxy) is 4. The first-order chi connectivity index (χ1) is 46.4. The lowest BCUT2D eigenvalue weighted by atomic mass is 9.99. The summed E-state index contributed by atoms with van der Waals surface area (Å²) in [6.07, 6.45) is 56.7. The third-order valence-electron chi connectivity index (χ3n) is 18.3. The second kappa shape index (κ2) is 68.8. The molecule has 570 valence electrons.